The number of hydrogen-bond acceptors (Lipinski definition) is 6. The van der Waals surface area contributed by atoms with Crippen LogP contribution in [-0.2, 0) is 11.4 Å². The number of nitrogens with two attached hydrogens (primary N) is 1. The van der Waals surface area contributed by atoms with Crippen LogP contribution in [0.15, 0.2) is 41.2 Å². The van der Waals surface area contributed by atoms with Crippen LogP contribution in [0.4, 0.5) is 14.7 Å². The molecule has 3 aromatic rings. The highest BCUT2D eigenvalue weighted by Crippen LogP contribution is 2.20. The second-order valence-corrected chi connectivity index (χ2v) is 7.43. The van der Waals surface area contributed by atoms with Crippen LogP contribution in [0.1, 0.15) is 21.5 Å². The van der Waals surface area contributed by atoms with Crippen molar-refractivity contribution in [1.29, 1.82) is 0 Å². The van der Waals surface area contributed by atoms with E-state index in [-0.39, 0.29) is 41.6 Å². The lowest BCUT2D eigenvalue weighted by Gasteiger charge is -2.18. The number of anilines is 1. The van der Waals surface area contributed by atoms with Crippen LogP contribution in [0.2, 0.25) is 0 Å². The monoisotopic (exact) mass is 469 g/mol. The van der Waals surface area contributed by atoms with Gasteiger partial charge in [-0.15, -0.1) is 0 Å². The van der Waals surface area contributed by atoms with Gasteiger partial charge in [0.2, 0.25) is 17.7 Å². The highest BCUT2D eigenvalue weighted by Gasteiger charge is 2.19. The number of aromatic nitrogens is 2. The predicted molar refractivity (Wildman–Crippen MR) is 125 cm³/mol. The Labute approximate surface area is 194 Å². The number of nitrogens with one attached hydrogen (secondary N) is 2. The summed E-state index contributed by atoms with van der Waals surface area (Å²) in [6.07, 6.45) is 0. The van der Waals surface area contributed by atoms with E-state index in [4.69, 9.17) is 10.5 Å². The van der Waals surface area contributed by atoms with E-state index < -0.39 is 29.0 Å². The minimum atomic E-state index is -0.776. The summed E-state index contributed by atoms with van der Waals surface area (Å²) in [5, 5.41) is 5.22. The Hall–Kier alpha value is -4.22. The molecule has 4 N–H and O–H groups in total. The van der Waals surface area contributed by atoms with Gasteiger partial charge in [-0.1, -0.05) is 6.07 Å². The van der Waals surface area contributed by atoms with Crippen molar-refractivity contribution < 1.29 is 23.1 Å². The fraction of sp³-hybridized carbons (Fsp3) is 0.182. The van der Waals surface area contributed by atoms with Crippen molar-refractivity contribution in [2.75, 3.05) is 18.9 Å². The Balaban J connectivity index is 1.99. The van der Waals surface area contributed by atoms with E-state index in [1.165, 1.54) is 24.5 Å². The fourth-order valence-corrected chi connectivity index (χ4v) is 3.16. The standard InChI is InChI=1S/C22H22BF2N5O4/c1-11-3-4-12(19(32)28-9-17(26)31)7-16(11)30-21(33)18(23)20(29-22(30)27-2)34-10-13-5-6-14(24)8-15(13)25/h3-8H,9-10,23H2,1-2H3,(H2,26,31)(H,27,29)(H,28,32). The lowest BCUT2D eigenvalue weighted by Crippen LogP contribution is -2.38. The van der Waals surface area contributed by atoms with E-state index in [0.717, 1.165) is 12.1 Å². The number of benzene rings is 2. The first-order chi connectivity index (χ1) is 16.1. The second kappa shape index (κ2) is 10.2. The predicted octanol–water partition coefficient (Wildman–Crippen LogP) is -0.0867. The van der Waals surface area contributed by atoms with E-state index in [1.807, 2.05) is 0 Å². The zero-order valence-corrected chi connectivity index (χ0v) is 18.7. The summed E-state index contributed by atoms with van der Waals surface area (Å²) in [4.78, 5) is 40.9. The lowest BCUT2D eigenvalue weighted by molar-refractivity contribution is -0.117. The molecular formula is C22H22BF2N5O4. The number of nitrogens with zero attached hydrogens (tertiary/aromatic N) is 2. The van der Waals surface area contributed by atoms with Gasteiger partial charge in [0.1, 0.15) is 18.2 Å². The van der Waals surface area contributed by atoms with Gasteiger partial charge < -0.3 is 21.1 Å². The van der Waals surface area contributed by atoms with Crippen molar-refractivity contribution in [3.63, 3.8) is 0 Å². The number of amides is 2. The molecule has 2 aromatic carbocycles. The number of rotatable bonds is 8. The molecule has 0 saturated carbocycles. The summed E-state index contributed by atoms with van der Waals surface area (Å²) in [5.74, 6) is -2.63. The molecule has 0 aliphatic carbocycles. The van der Waals surface area contributed by atoms with Crippen LogP contribution < -0.4 is 32.1 Å². The van der Waals surface area contributed by atoms with Crippen LogP contribution in [0.25, 0.3) is 5.69 Å². The maximum absolute atomic E-state index is 13.9. The van der Waals surface area contributed by atoms with Gasteiger partial charge in [-0.05, 0) is 36.8 Å². The summed E-state index contributed by atoms with van der Waals surface area (Å²) in [7, 11) is 3.05. The third-order valence-electron chi connectivity index (χ3n) is 5.00. The number of hydrogen-bond donors (Lipinski definition) is 3. The third kappa shape index (κ3) is 5.22. The number of aryl methyl sites for hydroxylation is 1. The molecule has 3 rings (SSSR count). The number of primary amides is 1. The van der Waals surface area contributed by atoms with Gasteiger partial charge in [0.15, 0.2) is 7.85 Å². The maximum atomic E-state index is 13.9. The molecule has 0 spiro atoms. The van der Waals surface area contributed by atoms with Crippen molar-refractivity contribution in [2.45, 2.75) is 13.5 Å². The summed E-state index contributed by atoms with van der Waals surface area (Å²) < 4.78 is 33.9. The van der Waals surface area contributed by atoms with E-state index in [2.05, 4.69) is 15.6 Å². The van der Waals surface area contributed by atoms with Gasteiger partial charge in [-0.3, -0.25) is 14.4 Å². The van der Waals surface area contributed by atoms with Crippen molar-refractivity contribution >= 4 is 31.1 Å². The van der Waals surface area contributed by atoms with Gasteiger partial charge in [-0.2, -0.15) is 4.98 Å². The Kier molecular flexibility index (Phi) is 7.29. The van der Waals surface area contributed by atoms with E-state index in [0.29, 0.717) is 11.3 Å². The van der Waals surface area contributed by atoms with Crippen LogP contribution in [0.5, 0.6) is 5.88 Å². The average Bonchev–Trinajstić information content (AvgIpc) is 2.79. The molecule has 0 bridgehead atoms. The number of halogens is 2. The van der Waals surface area contributed by atoms with Crippen LogP contribution in [0, 0.1) is 18.6 Å². The van der Waals surface area contributed by atoms with Crippen molar-refractivity contribution in [3.05, 3.63) is 75.1 Å². The first kappa shape index (κ1) is 24.4. The topological polar surface area (TPSA) is 128 Å². The Bertz CT molecular complexity index is 1330. The summed E-state index contributed by atoms with van der Waals surface area (Å²) in [6.45, 7) is 1.16. The van der Waals surface area contributed by atoms with Crippen LogP contribution in [-0.4, -0.2) is 42.8 Å². The van der Waals surface area contributed by atoms with E-state index >= 15 is 0 Å². The zero-order chi connectivity index (χ0) is 25.0. The Morgan fingerprint density at radius 3 is 2.59 bits per heavy atom. The first-order valence-electron chi connectivity index (χ1n) is 10.2. The molecule has 2 amide bonds. The van der Waals surface area contributed by atoms with Gasteiger partial charge in [0, 0.05) is 29.7 Å². The van der Waals surface area contributed by atoms with Gasteiger partial charge in [-0.25, -0.2) is 13.3 Å². The van der Waals surface area contributed by atoms with E-state index in [1.54, 1.807) is 26.1 Å². The molecule has 0 unspecified atom stereocenters. The number of carbonyl (C=O) groups excluding carboxylic acids is 2. The molecule has 9 nitrogen and oxygen atoms in total. The molecule has 176 valence electrons. The largest absolute Gasteiger partial charge is 0.473 e. The summed E-state index contributed by atoms with van der Waals surface area (Å²) >= 11 is 0. The van der Waals surface area contributed by atoms with Gasteiger partial charge >= 0.3 is 0 Å². The number of carbonyl (C=O) groups is 2. The minimum Gasteiger partial charge on any atom is -0.473 e. The van der Waals surface area contributed by atoms with Crippen LogP contribution in [0.3, 0.4) is 0 Å². The summed E-state index contributed by atoms with van der Waals surface area (Å²) in [6, 6.07) is 7.78. The fourth-order valence-electron chi connectivity index (χ4n) is 3.16. The normalized spacial score (nSPS) is 10.6. The maximum Gasteiger partial charge on any atom is 0.256 e. The molecule has 0 fully saturated rings. The van der Waals surface area contributed by atoms with E-state index in [9.17, 15) is 23.2 Å². The molecule has 0 atom stereocenters. The second-order valence-electron chi connectivity index (χ2n) is 7.43. The Morgan fingerprint density at radius 1 is 1.21 bits per heavy atom. The Morgan fingerprint density at radius 2 is 1.94 bits per heavy atom. The highest BCUT2D eigenvalue weighted by molar-refractivity contribution is 6.33. The first-order valence-corrected chi connectivity index (χ1v) is 10.2. The van der Waals surface area contributed by atoms with Gasteiger partial charge in [0.05, 0.1) is 12.2 Å². The lowest BCUT2D eigenvalue weighted by atomic mass is 9.98. The minimum absolute atomic E-state index is 0.0256. The van der Waals surface area contributed by atoms with Crippen molar-refractivity contribution in [3.8, 4) is 11.6 Å². The molecule has 0 aliphatic heterocycles. The molecule has 12 heteroatoms. The molecule has 1 aromatic heterocycles. The molecule has 0 aliphatic rings. The zero-order valence-electron chi connectivity index (χ0n) is 18.7. The highest BCUT2D eigenvalue weighted by atomic mass is 19.1. The van der Waals surface area contributed by atoms with Crippen LogP contribution >= 0.6 is 0 Å². The van der Waals surface area contributed by atoms with Crippen molar-refractivity contribution in [2.24, 2.45) is 5.73 Å². The van der Waals surface area contributed by atoms with Crippen molar-refractivity contribution in [1.82, 2.24) is 14.9 Å². The molecule has 1 heterocycles. The smallest absolute Gasteiger partial charge is 0.256 e. The number of ether oxygens (including phenoxy) is 1. The quantitative estimate of drug-likeness (QED) is 0.396. The summed E-state index contributed by atoms with van der Waals surface area (Å²) in [5.41, 5.74) is 6.09. The van der Waals surface area contributed by atoms with Gasteiger partial charge in [0.25, 0.3) is 11.5 Å². The average molecular weight is 469 g/mol. The molecule has 0 radical (unpaired) electrons. The molecule has 0 saturated heterocycles. The molecular weight excluding hydrogens is 447 g/mol. The molecule has 34 heavy (non-hydrogen) atoms. The third-order valence-corrected chi connectivity index (χ3v) is 5.00. The SMILES string of the molecule is Bc1c(OCc2ccc(F)cc2F)nc(NC)n(-c2cc(C(=O)NCC(N)=O)ccc2C)c1=O.